The molecule has 7 heterocycles. The van der Waals surface area contributed by atoms with Gasteiger partial charge in [-0.05, 0) is 71.6 Å². The van der Waals surface area contributed by atoms with Crippen LogP contribution in [-0.2, 0) is 34.0 Å². The van der Waals surface area contributed by atoms with Crippen LogP contribution in [0.25, 0.3) is 20.7 Å². The van der Waals surface area contributed by atoms with Gasteiger partial charge in [-0.25, -0.2) is 4.98 Å². The highest BCUT2D eigenvalue weighted by Crippen LogP contribution is 2.34. The molecule has 18 heteroatoms. The van der Waals surface area contributed by atoms with Gasteiger partial charge < -0.3 is 43.7 Å². The Morgan fingerprint density at radius 1 is 0.970 bits per heavy atom. The Kier molecular flexibility index (Phi) is 14.4. The molecule has 0 spiro atoms. The molecule has 4 aromatic heterocycles. The van der Waals surface area contributed by atoms with Crippen LogP contribution in [-0.4, -0.2) is 123 Å². The second-order valence-corrected chi connectivity index (χ2v) is 19.2. The van der Waals surface area contributed by atoms with E-state index in [9.17, 15) is 19.5 Å². The average Bonchev–Trinajstić information content (AvgIpc) is 4.19. The number of aliphatic hydroxyl groups is 1. The van der Waals surface area contributed by atoms with Crippen LogP contribution >= 0.6 is 22.7 Å². The van der Waals surface area contributed by atoms with Crippen molar-refractivity contribution in [2.75, 3.05) is 46.1 Å². The number of likely N-dealkylation sites (tertiary alicyclic amines) is 2. The average molecular weight is 950 g/mol. The molecule has 3 aliphatic rings. The number of hydrogen-bond acceptors (Lipinski definition) is 15. The largest absolute Gasteiger partial charge is 0.491 e. The van der Waals surface area contributed by atoms with Crippen LogP contribution < -0.4 is 19.5 Å². The molecule has 2 saturated heterocycles. The molecular weight excluding hydrogens is 895 g/mol. The second-order valence-electron chi connectivity index (χ2n) is 17.5. The highest BCUT2D eigenvalue weighted by molar-refractivity contribution is 7.17. The summed E-state index contributed by atoms with van der Waals surface area (Å²) in [5.41, 5.74) is 6.76. The molecule has 3 atom stereocenters. The van der Waals surface area contributed by atoms with Gasteiger partial charge in [-0.3, -0.25) is 24.3 Å². The van der Waals surface area contributed by atoms with Gasteiger partial charge in [0.05, 0.1) is 52.2 Å². The summed E-state index contributed by atoms with van der Waals surface area (Å²) < 4.78 is 31.0. The van der Waals surface area contributed by atoms with Crippen molar-refractivity contribution in [2.24, 2.45) is 5.92 Å². The lowest BCUT2D eigenvalue weighted by Crippen LogP contribution is -2.55. The SMILES string of the molecule is Cc1ncsc1-c1ccc(CNC(=O)[C@@H]2C[C@@H](O)CN2C(=O)[C@H](C(C)C)N2Cc3ccccc3C2=O)c(OCCOCCOc2cc(CN3CCC(Oc4ccnc5ccsc45)CC3)on2)c1. The molecule has 3 amide bonds. The molecule has 67 heavy (non-hydrogen) atoms. The topological polar surface area (TPSA) is 182 Å². The lowest BCUT2D eigenvalue weighted by molar-refractivity contribution is -0.143. The lowest BCUT2D eigenvalue weighted by atomic mass is 10.0. The van der Waals surface area contributed by atoms with Crippen molar-refractivity contribution < 1.29 is 43.0 Å². The Morgan fingerprint density at radius 3 is 2.58 bits per heavy atom. The van der Waals surface area contributed by atoms with E-state index in [4.69, 9.17) is 23.5 Å². The molecule has 352 valence electrons. The zero-order chi connectivity index (χ0) is 46.4. The second kappa shape index (κ2) is 20.9. The van der Waals surface area contributed by atoms with E-state index in [1.807, 2.05) is 80.7 Å². The fourth-order valence-electron chi connectivity index (χ4n) is 9.09. The fourth-order valence-corrected chi connectivity index (χ4v) is 10.7. The summed E-state index contributed by atoms with van der Waals surface area (Å²) in [5, 5.41) is 19.9. The molecule has 0 aliphatic carbocycles. The number of thiazole rings is 1. The zero-order valence-corrected chi connectivity index (χ0v) is 39.4. The van der Waals surface area contributed by atoms with E-state index in [0.717, 1.165) is 74.9 Å². The number of pyridine rings is 1. The van der Waals surface area contributed by atoms with Gasteiger partial charge in [-0.2, -0.15) is 0 Å². The van der Waals surface area contributed by atoms with Gasteiger partial charge in [0.2, 0.25) is 11.8 Å². The number of piperidine rings is 1. The third kappa shape index (κ3) is 10.6. The van der Waals surface area contributed by atoms with E-state index in [-0.39, 0.29) is 63.2 Å². The zero-order valence-electron chi connectivity index (χ0n) is 37.8. The summed E-state index contributed by atoms with van der Waals surface area (Å²) in [4.78, 5) is 56.8. The Balaban J connectivity index is 0.740. The minimum atomic E-state index is -0.910. The fraction of sp³-hybridized carbons (Fsp3) is 0.429. The summed E-state index contributed by atoms with van der Waals surface area (Å²) in [5.74, 6) is 1.42. The summed E-state index contributed by atoms with van der Waals surface area (Å²) in [7, 11) is 0. The maximum absolute atomic E-state index is 14.2. The van der Waals surface area contributed by atoms with Gasteiger partial charge in [0.15, 0.2) is 5.76 Å². The molecule has 2 N–H and O–H groups in total. The Hall–Kier alpha value is -5.92. The van der Waals surface area contributed by atoms with Gasteiger partial charge in [-0.15, -0.1) is 22.7 Å². The van der Waals surface area contributed by atoms with E-state index >= 15 is 0 Å². The number of rotatable bonds is 19. The van der Waals surface area contributed by atoms with Gasteiger partial charge in [0.1, 0.15) is 42.9 Å². The van der Waals surface area contributed by atoms with E-state index in [0.29, 0.717) is 36.9 Å². The first-order valence-corrected chi connectivity index (χ1v) is 24.5. The summed E-state index contributed by atoms with van der Waals surface area (Å²) in [6.07, 6.45) is 2.99. The molecule has 0 radical (unpaired) electrons. The highest BCUT2D eigenvalue weighted by atomic mass is 32.1. The highest BCUT2D eigenvalue weighted by Gasteiger charge is 2.46. The van der Waals surface area contributed by atoms with Gasteiger partial charge >= 0.3 is 0 Å². The van der Waals surface area contributed by atoms with Crippen LogP contribution in [0.3, 0.4) is 0 Å². The molecule has 16 nitrogen and oxygen atoms in total. The Labute approximate surface area is 396 Å². The van der Waals surface area contributed by atoms with Crippen LogP contribution in [0.4, 0.5) is 0 Å². The summed E-state index contributed by atoms with van der Waals surface area (Å²) in [6, 6.07) is 17.2. The monoisotopic (exact) mass is 949 g/mol. The maximum atomic E-state index is 14.2. The van der Waals surface area contributed by atoms with Gasteiger partial charge in [0, 0.05) is 62.5 Å². The van der Waals surface area contributed by atoms with Crippen LogP contribution in [0.15, 0.2) is 82.3 Å². The van der Waals surface area contributed by atoms with Gasteiger partial charge in [0.25, 0.3) is 11.8 Å². The number of ether oxygens (including phenoxy) is 4. The molecule has 0 unspecified atom stereocenters. The molecule has 0 bridgehead atoms. The summed E-state index contributed by atoms with van der Waals surface area (Å²) in [6.45, 7) is 9.64. The first kappa shape index (κ1) is 46.2. The normalized spacial score (nSPS) is 18.2. The van der Waals surface area contributed by atoms with Crippen LogP contribution in [0.5, 0.6) is 17.4 Å². The number of carbonyl (C=O) groups is 3. The minimum absolute atomic E-state index is 0.000736. The number of carbonyl (C=O) groups excluding carboxylic acids is 3. The molecule has 9 rings (SSSR count). The number of thiophene rings is 1. The molecule has 0 saturated carbocycles. The van der Waals surface area contributed by atoms with Crippen molar-refractivity contribution in [3.8, 4) is 27.8 Å². The first-order chi connectivity index (χ1) is 32.6. The molecule has 3 aliphatic heterocycles. The number of benzene rings is 2. The predicted molar refractivity (Wildman–Crippen MR) is 252 cm³/mol. The minimum Gasteiger partial charge on any atom is -0.491 e. The van der Waals surface area contributed by atoms with E-state index in [1.165, 1.54) is 16.2 Å². The van der Waals surface area contributed by atoms with E-state index in [2.05, 4.69) is 25.3 Å². The number of nitrogens with zero attached hydrogens (tertiary/aromatic N) is 6. The number of hydrogen-bond donors (Lipinski definition) is 2. The van der Waals surface area contributed by atoms with E-state index in [1.54, 1.807) is 34.0 Å². The molecule has 2 fully saturated rings. The number of β-amino-alcohol motifs (C(OH)–C–C–N with tert-alkyl or cyclic N) is 1. The summed E-state index contributed by atoms with van der Waals surface area (Å²) >= 11 is 3.18. The standard InChI is InChI=1S/C49H55N7O9S2/c1-30(2)44(56-26-34-6-4-5-7-38(34)48(56)59)49(60)55-27-35(57)23-40(55)47(58)51-25-33-9-8-32(45-31(3)52-29-67-45)22-42(33)62-19-17-61-18-20-63-43-24-37(65-53-43)28-54-15-11-36(12-16-54)64-41-10-14-50-39-13-21-66-46(39)41/h4-10,13-14,21-22,24,29-30,35-36,40,44,57H,11-12,15-20,23,25-28H2,1-3H3,(H,51,58)/t35-,40+,44+/m1/s1. The van der Waals surface area contributed by atoms with Crippen molar-refractivity contribution in [2.45, 2.75) is 84.0 Å². The van der Waals surface area contributed by atoms with Crippen molar-refractivity contribution in [1.29, 1.82) is 0 Å². The molecular formula is C49H55N7O9S2. The van der Waals surface area contributed by atoms with Crippen LogP contribution in [0.2, 0.25) is 0 Å². The Morgan fingerprint density at radius 2 is 1.79 bits per heavy atom. The number of aliphatic hydroxyl groups excluding tert-OH is 1. The van der Waals surface area contributed by atoms with Crippen molar-refractivity contribution in [1.82, 2.24) is 35.1 Å². The van der Waals surface area contributed by atoms with Gasteiger partial charge in [-0.1, -0.05) is 44.2 Å². The number of fused-ring (bicyclic) bond motifs is 2. The molecule has 2 aromatic carbocycles. The third-order valence-electron chi connectivity index (χ3n) is 12.5. The predicted octanol–water partition coefficient (Wildman–Crippen LogP) is 6.49. The maximum Gasteiger partial charge on any atom is 0.255 e. The number of amides is 3. The van der Waals surface area contributed by atoms with E-state index < -0.39 is 24.1 Å². The quantitative estimate of drug-likeness (QED) is 0.0842. The number of aryl methyl sites for hydroxylation is 1. The molecule has 6 aromatic rings. The van der Waals surface area contributed by atoms with Crippen molar-refractivity contribution in [3.63, 3.8) is 0 Å². The lowest BCUT2D eigenvalue weighted by Gasteiger charge is -2.35. The third-order valence-corrected chi connectivity index (χ3v) is 14.4. The van der Waals surface area contributed by atoms with Crippen molar-refractivity contribution in [3.05, 3.63) is 106 Å². The smallest absolute Gasteiger partial charge is 0.255 e. The number of aromatic nitrogens is 3. The van der Waals surface area contributed by atoms with Crippen molar-refractivity contribution >= 4 is 50.6 Å². The first-order valence-electron chi connectivity index (χ1n) is 22.8. The number of nitrogens with one attached hydrogen (secondary N) is 1. The van der Waals surface area contributed by atoms with Crippen LogP contribution in [0.1, 0.15) is 66.0 Å². The van der Waals surface area contributed by atoms with Crippen LogP contribution in [0, 0.1) is 12.8 Å². The Bertz CT molecular complexity index is 2680.